The highest BCUT2D eigenvalue weighted by Crippen LogP contribution is 2.25. The van der Waals surface area contributed by atoms with Gasteiger partial charge >= 0.3 is 0 Å². The third-order valence-electron chi connectivity index (χ3n) is 2.61. The molecule has 1 aromatic carbocycles. The fourth-order valence-corrected chi connectivity index (χ4v) is 2.21. The van der Waals surface area contributed by atoms with E-state index in [1.807, 2.05) is 37.3 Å². The van der Waals surface area contributed by atoms with Crippen molar-refractivity contribution in [3.8, 4) is 5.75 Å². The van der Waals surface area contributed by atoms with Gasteiger partial charge < -0.3 is 10.1 Å². The van der Waals surface area contributed by atoms with Gasteiger partial charge in [-0.25, -0.2) is 0 Å². The summed E-state index contributed by atoms with van der Waals surface area (Å²) in [4.78, 5) is 4.46. The number of nitrogens with one attached hydrogen (secondary N) is 1. The first kappa shape index (κ1) is 14.2. The predicted molar refractivity (Wildman–Crippen MR) is 82.0 cm³/mol. The summed E-state index contributed by atoms with van der Waals surface area (Å²) in [7, 11) is 1.66. The minimum absolute atomic E-state index is 0.631. The molecule has 0 saturated carbocycles. The Hall–Kier alpha value is -1.26. The number of rotatable bonds is 4. The summed E-state index contributed by atoms with van der Waals surface area (Å²) in [6.07, 6.45) is 0. The SMILES string of the molecule is COc1cc(C)nc(CNc2ccc(Cl)c(Br)c2)c1. The molecule has 0 unspecified atom stereocenters. The number of halogens is 2. The van der Waals surface area contributed by atoms with Gasteiger partial charge in [0.15, 0.2) is 0 Å². The van der Waals surface area contributed by atoms with Crippen molar-refractivity contribution in [2.24, 2.45) is 0 Å². The summed E-state index contributed by atoms with van der Waals surface area (Å²) in [5.74, 6) is 0.821. The van der Waals surface area contributed by atoms with Crippen molar-refractivity contribution in [3.05, 3.63) is 51.2 Å². The van der Waals surface area contributed by atoms with Crippen LogP contribution in [0.2, 0.25) is 5.02 Å². The Labute approximate surface area is 126 Å². The first-order valence-corrected chi connectivity index (χ1v) is 6.96. The molecular formula is C14H14BrClN2O. The molecule has 0 aliphatic heterocycles. The van der Waals surface area contributed by atoms with Crippen LogP contribution >= 0.6 is 27.5 Å². The molecule has 1 aromatic heterocycles. The van der Waals surface area contributed by atoms with E-state index in [1.165, 1.54) is 0 Å². The number of nitrogens with zero attached hydrogens (tertiary/aromatic N) is 1. The van der Waals surface area contributed by atoms with Gasteiger partial charge in [-0.3, -0.25) is 4.98 Å². The van der Waals surface area contributed by atoms with Gasteiger partial charge in [0.05, 0.1) is 24.4 Å². The zero-order valence-electron chi connectivity index (χ0n) is 10.7. The fraction of sp³-hybridized carbons (Fsp3) is 0.214. The molecule has 5 heteroatoms. The van der Waals surface area contributed by atoms with E-state index < -0.39 is 0 Å². The van der Waals surface area contributed by atoms with Crippen LogP contribution in [-0.2, 0) is 6.54 Å². The summed E-state index contributed by atoms with van der Waals surface area (Å²) in [5.41, 5.74) is 2.86. The highest BCUT2D eigenvalue weighted by atomic mass is 79.9. The molecule has 0 fully saturated rings. The van der Waals surface area contributed by atoms with Crippen LogP contribution in [0.5, 0.6) is 5.75 Å². The summed E-state index contributed by atoms with van der Waals surface area (Å²) >= 11 is 9.35. The number of benzene rings is 1. The predicted octanol–water partition coefficient (Wildman–Crippen LogP) is 4.43. The summed E-state index contributed by atoms with van der Waals surface area (Å²) in [6.45, 7) is 2.58. The van der Waals surface area contributed by atoms with Crippen molar-refractivity contribution in [1.29, 1.82) is 0 Å². The van der Waals surface area contributed by atoms with E-state index in [0.29, 0.717) is 11.6 Å². The van der Waals surface area contributed by atoms with E-state index in [9.17, 15) is 0 Å². The molecule has 3 nitrogen and oxygen atoms in total. The van der Waals surface area contributed by atoms with Gasteiger partial charge in [-0.15, -0.1) is 0 Å². The van der Waals surface area contributed by atoms with Crippen molar-refractivity contribution in [1.82, 2.24) is 4.98 Å². The van der Waals surface area contributed by atoms with E-state index in [4.69, 9.17) is 16.3 Å². The van der Waals surface area contributed by atoms with Gasteiger partial charge in [-0.05, 0) is 41.1 Å². The lowest BCUT2D eigenvalue weighted by Gasteiger charge is -2.09. The number of ether oxygens (including phenoxy) is 1. The molecule has 0 amide bonds. The van der Waals surface area contributed by atoms with Gasteiger partial charge in [0.25, 0.3) is 0 Å². The molecule has 0 aliphatic carbocycles. The maximum Gasteiger partial charge on any atom is 0.122 e. The second-order valence-electron chi connectivity index (χ2n) is 4.12. The zero-order valence-corrected chi connectivity index (χ0v) is 13.0. The first-order chi connectivity index (χ1) is 9.08. The average molecular weight is 342 g/mol. The Morgan fingerprint density at radius 1 is 1.32 bits per heavy atom. The van der Waals surface area contributed by atoms with Crippen LogP contribution in [-0.4, -0.2) is 12.1 Å². The Morgan fingerprint density at radius 2 is 2.11 bits per heavy atom. The van der Waals surface area contributed by atoms with Crippen LogP contribution in [0.15, 0.2) is 34.8 Å². The average Bonchev–Trinajstić information content (AvgIpc) is 2.39. The number of anilines is 1. The summed E-state index contributed by atoms with van der Waals surface area (Å²) < 4.78 is 6.10. The highest BCUT2D eigenvalue weighted by Gasteiger charge is 2.02. The number of aryl methyl sites for hydroxylation is 1. The fourth-order valence-electron chi connectivity index (χ4n) is 1.71. The van der Waals surface area contributed by atoms with Crippen molar-refractivity contribution in [2.75, 3.05) is 12.4 Å². The third kappa shape index (κ3) is 3.85. The van der Waals surface area contributed by atoms with Gasteiger partial charge in [-0.1, -0.05) is 11.6 Å². The molecule has 2 rings (SSSR count). The molecule has 0 atom stereocenters. The molecule has 0 spiro atoms. The number of pyridine rings is 1. The number of hydrogen-bond donors (Lipinski definition) is 1. The normalized spacial score (nSPS) is 10.3. The van der Waals surface area contributed by atoms with Gasteiger partial charge in [0.2, 0.25) is 0 Å². The lowest BCUT2D eigenvalue weighted by Crippen LogP contribution is -2.03. The van der Waals surface area contributed by atoms with Gasteiger partial charge in [-0.2, -0.15) is 0 Å². The molecule has 0 aliphatic rings. The maximum absolute atomic E-state index is 5.95. The lowest BCUT2D eigenvalue weighted by atomic mass is 10.2. The second-order valence-corrected chi connectivity index (χ2v) is 5.38. The number of hydrogen-bond acceptors (Lipinski definition) is 3. The number of aromatic nitrogens is 1. The molecule has 1 N–H and O–H groups in total. The highest BCUT2D eigenvalue weighted by molar-refractivity contribution is 9.10. The molecule has 0 saturated heterocycles. The Morgan fingerprint density at radius 3 is 2.79 bits per heavy atom. The van der Waals surface area contributed by atoms with E-state index >= 15 is 0 Å². The smallest absolute Gasteiger partial charge is 0.122 e. The van der Waals surface area contributed by atoms with Gasteiger partial charge in [0.1, 0.15) is 5.75 Å². The van der Waals surface area contributed by atoms with E-state index in [1.54, 1.807) is 7.11 Å². The standard InChI is InChI=1S/C14H14BrClN2O/c1-9-5-12(19-2)6-11(18-9)8-17-10-3-4-14(16)13(15)7-10/h3-7,17H,8H2,1-2H3. The monoisotopic (exact) mass is 340 g/mol. The zero-order chi connectivity index (χ0) is 13.8. The molecular weight excluding hydrogens is 328 g/mol. The van der Waals surface area contributed by atoms with E-state index in [0.717, 1.165) is 27.3 Å². The summed E-state index contributed by atoms with van der Waals surface area (Å²) in [5, 5.41) is 4.00. The van der Waals surface area contributed by atoms with Crippen LogP contribution in [0, 0.1) is 6.92 Å². The molecule has 2 aromatic rings. The van der Waals surface area contributed by atoms with Crippen LogP contribution in [0.25, 0.3) is 0 Å². The Balaban J connectivity index is 2.09. The van der Waals surface area contributed by atoms with Crippen LogP contribution in [0.1, 0.15) is 11.4 Å². The van der Waals surface area contributed by atoms with Gasteiger partial charge in [0, 0.05) is 28.0 Å². The van der Waals surface area contributed by atoms with Crippen molar-refractivity contribution in [3.63, 3.8) is 0 Å². The first-order valence-electron chi connectivity index (χ1n) is 5.79. The lowest BCUT2D eigenvalue weighted by molar-refractivity contribution is 0.413. The quantitative estimate of drug-likeness (QED) is 0.893. The topological polar surface area (TPSA) is 34.1 Å². The summed E-state index contributed by atoms with van der Waals surface area (Å²) in [6, 6.07) is 9.54. The molecule has 1 heterocycles. The van der Waals surface area contributed by atoms with Crippen molar-refractivity contribution < 1.29 is 4.74 Å². The van der Waals surface area contributed by atoms with E-state index in [2.05, 4.69) is 26.2 Å². The molecule has 19 heavy (non-hydrogen) atoms. The Bertz CT molecular complexity index is 590. The van der Waals surface area contributed by atoms with Crippen molar-refractivity contribution >= 4 is 33.2 Å². The third-order valence-corrected chi connectivity index (χ3v) is 3.82. The van der Waals surface area contributed by atoms with Crippen LogP contribution in [0.3, 0.4) is 0 Å². The number of methoxy groups -OCH3 is 1. The second kappa shape index (κ2) is 6.26. The van der Waals surface area contributed by atoms with E-state index in [-0.39, 0.29) is 0 Å². The van der Waals surface area contributed by atoms with Crippen LogP contribution < -0.4 is 10.1 Å². The largest absolute Gasteiger partial charge is 0.497 e. The van der Waals surface area contributed by atoms with Crippen molar-refractivity contribution in [2.45, 2.75) is 13.5 Å². The molecule has 0 radical (unpaired) electrons. The molecule has 100 valence electrons. The maximum atomic E-state index is 5.95. The minimum atomic E-state index is 0.631. The van der Waals surface area contributed by atoms with Crippen LogP contribution in [0.4, 0.5) is 5.69 Å². The Kier molecular flexibility index (Phi) is 4.66. The molecule has 0 bridgehead atoms. The minimum Gasteiger partial charge on any atom is -0.497 e.